The zero-order valence-corrected chi connectivity index (χ0v) is 9.90. The Morgan fingerprint density at radius 2 is 2.44 bits per heavy atom. The van der Waals surface area contributed by atoms with E-state index < -0.39 is 0 Å². The van der Waals surface area contributed by atoms with Crippen molar-refractivity contribution in [2.24, 2.45) is 0 Å². The number of aromatic amines is 1. The Bertz CT molecular complexity index is 547. The van der Waals surface area contributed by atoms with Crippen molar-refractivity contribution in [2.45, 2.75) is 26.4 Å². The summed E-state index contributed by atoms with van der Waals surface area (Å²) in [4.78, 5) is 7.87. The number of aryl methyl sites for hydroxylation is 1. The molecule has 3 heterocycles. The van der Waals surface area contributed by atoms with Gasteiger partial charge in [-0.2, -0.15) is 0 Å². The van der Waals surface area contributed by atoms with Gasteiger partial charge in [0, 0.05) is 11.3 Å². The van der Waals surface area contributed by atoms with Crippen molar-refractivity contribution in [3.8, 4) is 0 Å². The van der Waals surface area contributed by atoms with E-state index >= 15 is 0 Å². The number of hydrogen-bond acceptors (Lipinski definition) is 2. The molecule has 0 aliphatic carbocycles. The molecular formula is C12H13ClN2O. The second kappa shape index (κ2) is 3.75. The largest absolute Gasteiger partial charge is 0.375 e. The lowest BCUT2D eigenvalue weighted by Gasteiger charge is -2.11. The first-order valence-electron chi connectivity index (χ1n) is 5.56. The normalized spacial score (nSPS) is 15.4. The summed E-state index contributed by atoms with van der Waals surface area (Å²) in [6.07, 6.45) is 1.83. The molecule has 0 fully saturated rings. The Kier molecular flexibility index (Phi) is 2.37. The average Bonchev–Trinajstić information content (AvgIpc) is 2.66. The summed E-state index contributed by atoms with van der Waals surface area (Å²) in [5.74, 6) is 0. The van der Waals surface area contributed by atoms with Crippen LogP contribution in [0.15, 0.2) is 6.07 Å². The molecule has 0 saturated carbocycles. The van der Waals surface area contributed by atoms with Crippen LogP contribution in [0.3, 0.4) is 0 Å². The van der Waals surface area contributed by atoms with Crippen molar-refractivity contribution in [2.75, 3.05) is 6.61 Å². The third-order valence-corrected chi connectivity index (χ3v) is 3.44. The van der Waals surface area contributed by atoms with Crippen LogP contribution >= 0.6 is 11.6 Å². The Morgan fingerprint density at radius 1 is 1.56 bits per heavy atom. The summed E-state index contributed by atoms with van der Waals surface area (Å²) in [5.41, 5.74) is 5.61. The molecule has 1 aliphatic rings. The Morgan fingerprint density at radius 3 is 3.25 bits per heavy atom. The molecule has 0 atom stereocenters. The number of ether oxygens (including phenoxy) is 1. The number of rotatable bonds is 1. The van der Waals surface area contributed by atoms with Crippen LogP contribution in [0.5, 0.6) is 0 Å². The van der Waals surface area contributed by atoms with Crippen LogP contribution in [0, 0.1) is 0 Å². The summed E-state index contributed by atoms with van der Waals surface area (Å²) in [7, 11) is 0. The number of nitrogens with zero attached hydrogens (tertiary/aromatic N) is 1. The molecule has 3 rings (SSSR count). The lowest BCUT2D eigenvalue weighted by molar-refractivity contribution is 0.109. The predicted octanol–water partition coefficient (Wildman–Crippen LogP) is 2.85. The van der Waals surface area contributed by atoms with Crippen LogP contribution < -0.4 is 0 Å². The van der Waals surface area contributed by atoms with E-state index in [1.165, 1.54) is 5.56 Å². The number of hydrogen-bond donors (Lipinski definition) is 1. The first-order valence-corrected chi connectivity index (χ1v) is 5.94. The zero-order valence-electron chi connectivity index (χ0n) is 9.14. The summed E-state index contributed by atoms with van der Waals surface area (Å²) in [6, 6.07) is 2.10. The fourth-order valence-corrected chi connectivity index (χ4v) is 2.50. The maximum atomic E-state index is 6.15. The van der Waals surface area contributed by atoms with E-state index in [4.69, 9.17) is 16.3 Å². The molecule has 84 valence electrons. The van der Waals surface area contributed by atoms with Crippen LogP contribution in [0.25, 0.3) is 11.0 Å². The van der Waals surface area contributed by atoms with Crippen molar-refractivity contribution < 1.29 is 4.74 Å². The Balaban J connectivity index is 2.27. The quantitative estimate of drug-likeness (QED) is 0.774. The van der Waals surface area contributed by atoms with Gasteiger partial charge in [-0.15, -0.1) is 0 Å². The van der Waals surface area contributed by atoms with Crippen LogP contribution in [0.1, 0.15) is 23.7 Å². The van der Waals surface area contributed by atoms with Gasteiger partial charge in [-0.1, -0.05) is 18.5 Å². The molecule has 0 aromatic carbocycles. The molecule has 0 unspecified atom stereocenters. The third kappa shape index (κ3) is 1.43. The highest BCUT2D eigenvalue weighted by Crippen LogP contribution is 2.28. The number of pyridine rings is 1. The Hall–Kier alpha value is -1.06. The van der Waals surface area contributed by atoms with Gasteiger partial charge in [-0.05, 0) is 24.5 Å². The van der Waals surface area contributed by atoms with Gasteiger partial charge in [0.05, 0.1) is 24.2 Å². The molecule has 4 heteroatoms. The van der Waals surface area contributed by atoms with Crippen molar-refractivity contribution in [3.63, 3.8) is 0 Å². The third-order valence-electron chi connectivity index (χ3n) is 3.11. The van der Waals surface area contributed by atoms with Crippen molar-refractivity contribution in [1.82, 2.24) is 9.97 Å². The molecule has 2 aromatic rings. The van der Waals surface area contributed by atoms with Crippen LogP contribution in [-0.2, 0) is 24.2 Å². The summed E-state index contributed by atoms with van der Waals surface area (Å²) in [6.45, 7) is 3.51. The first kappa shape index (κ1) is 10.1. The van der Waals surface area contributed by atoms with E-state index in [1.54, 1.807) is 0 Å². The van der Waals surface area contributed by atoms with Crippen LogP contribution in [0.4, 0.5) is 0 Å². The van der Waals surface area contributed by atoms with Gasteiger partial charge in [0.15, 0.2) is 0 Å². The number of fused-ring (bicyclic) bond motifs is 3. The van der Waals surface area contributed by atoms with Gasteiger partial charge in [0.25, 0.3) is 0 Å². The van der Waals surface area contributed by atoms with Gasteiger partial charge in [-0.25, -0.2) is 4.98 Å². The highest BCUT2D eigenvalue weighted by atomic mass is 35.5. The van der Waals surface area contributed by atoms with E-state index in [2.05, 4.69) is 23.0 Å². The molecule has 0 amide bonds. The second-order valence-corrected chi connectivity index (χ2v) is 4.43. The van der Waals surface area contributed by atoms with Crippen LogP contribution in [0.2, 0.25) is 5.15 Å². The van der Waals surface area contributed by atoms with E-state index in [9.17, 15) is 0 Å². The first-order chi connectivity index (χ1) is 7.79. The molecule has 2 aromatic heterocycles. The standard InChI is InChI=1S/C12H13ClN2O/c1-2-7-5-9-11(15-12(7)13)8-3-4-16-6-10(8)14-9/h5,14H,2-4,6H2,1H3. The van der Waals surface area contributed by atoms with Gasteiger partial charge in [0.2, 0.25) is 0 Å². The molecule has 16 heavy (non-hydrogen) atoms. The van der Waals surface area contributed by atoms with E-state index in [0.29, 0.717) is 11.8 Å². The predicted molar refractivity (Wildman–Crippen MR) is 63.8 cm³/mol. The maximum absolute atomic E-state index is 6.15. The smallest absolute Gasteiger partial charge is 0.133 e. The molecule has 0 spiro atoms. The molecule has 0 radical (unpaired) electrons. The minimum absolute atomic E-state index is 0.628. The van der Waals surface area contributed by atoms with Crippen molar-refractivity contribution in [3.05, 3.63) is 28.0 Å². The summed E-state index contributed by atoms with van der Waals surface area (Å²) < 4.78 is 5.42. The second-order valence-electron chi connectivity index (χ2n) is 4.07. The molecule has 3 nitrogen and oxygen atoms in total. The molecular weight excluding hydrogens is 224 g/mol. The molecule has 0 saturated heterocycles. The van der Waals surface area contributed by atoms with Crippen molar-refractivity contribution in [1.29, 1.82) is 0 Å². The monoisotopic (exact) mass is 236 g/mol. The van der Waals surface area contributed by atoms with Gasteiger partial charge >= 0.3 is 0 Å². The highest BCUT2D eigenvalue weighted by Gasteiger charge is 2.17. The van der Waals surface area contributed by atoms with Crippen molar-refractivity contribution >= 4 is 22.6 Å². The minimum Gasteiger partial charge on any atom is -0.375 e. The lowest BCUT2D eigenvalue weighted by Crippen LogP contribution is -2.08. The van der Waals surface area contributed by atoms with Crippen LogP contribution in [-0.4, -0.2) is 16.6 Å². The Labute approximate surface area is 98.8 Å². The number of nitrogens with one attached hydrogen (secondary N) is 1. The summed E-state index contributed by atoms with van der Waals surface area (Å²) in [5, 5.41) is 0.628. The number of aromatic nitrogens is 2. The summed E-state index contributed by atoms with van der Waals surface area (Å²) >= 11 is 6.15. The fourth-order valence-electron chi connectivity index (χ4n) is 2.23. The van der Waals surface area contributed by atoms with E-state index in [0.717, 1.165) is 41.7 Å². The van der Waals surface area contributed by atoms with Gasteiger partial charge in [0.1, 0.15) is 5.15 Å². The van der Waals surface area contributed by atoms with Gasteiger partial charge in [-0.3, -0.25) is 0 Å². The van der Waals surface area contributed by atoms with E-state index in [1.807, 2.05) is 0 Å². The number of halogens is 1. The maximum Gasteiger partial charge on any atom is 0.133 e. The average molecular weight is 237 g/mol. The topological polar surface area (TPSA) is 37.9 Å². The number of H-pyrrole nitrogens is 1. The zero-order chi connectivity index (χ0) is 11.1. The minimum atomic E-state index is 0.628. The SMILES string of the molecule is CCc1cc2[nH]c3c(c2nc1Cl)CCOC3. The molecule has 1 N–H and O–H groups in total. The molecule has 1 aliphatic heterocycles. The lowest BCUT2D eigenvalue weighted by atomic mass is 10.1. The van der Waals surface area contributed by atoms with E-state index in [-0.39, 0.29) is 0 Å². The molecule has 0 bridgehead atoms. The van der Waals surface area contributed by atoms with Gasteiger partial charge < -0.3 is 9.72 Å². The fraction of sp³-hybridized carbons (Fsp3) is 0.417. The highest BCUT2D eigenvalue weighted by molar-refractivity contribution is 6.30.